The lowest BCUT2D eigenvalue weighted by Gasteiger charge is -2.21. The lowest BCUT2D eigenvalue weighted by atomic mass is 10.3. The summed E-state index contributed by atoms with van der Waals surface area (Å²) in [4.78, 5) is 0. The van der Waals surface area contributed by atoms with Crippen molar-refractivity contribution < 1.29 is 9.47 Å². The van der Waals surface area contributed by atoms with E-state index in [4.69, 9.17) is 4.74 Å². The van der Waals surface area contributed by atoms with E-state index in [2.05, 4.69) is 4.74 Å². The molecular weight excluding hydrogens is 80.0 g/mol. The van der Waals surface area contributed by atoms with Gasteiger partial charge < -0.3 is 9.47 Å². The molecule has 2 heteroatoms. The van der Waals surface area contributed by atoms with Crippen molar-refractivity contribution >= 4 is 0 Å². The van der Waals surface area contributed by atoms with Crippen LogP contribution < -0.4 is 0 Å². The van der Waals surface area contributed by atoms with Crippen molar-refractivity contribution in [1.29, 1.82) is 0 Å². The summed E-state index contributed by atoms with van der Waals surface area (Å²) in [6.07, 6.45) is 1.76. The second-order valence-corrected chi connectivity index (χ2v) is 1.17. The molecule has 1 aliphatic heterocycles. The highest BCUT2D eigenvalue weighted by Gasteiger charge is 2.17. The summed E-state index contributed by atoms with van der Waals surface area (Å²) in [6, 6.07) is 0. The fourth-order valence-electron chi connectivity index (χ4n) is 0.346. The van der Waals surface area contributed by atoms with Crippen molar-refractivity contribution in [2.75, 3.05) is 13.7 Å². The van der Waals surface area contributed by atoms with Gasteiger partial charge in [-0.1, -0.05) is 0 Å². The fraction of sp³-hybridized carbons (Fsp3) is 0.750. The maximum atomic E-state index is 4.77. The minimum atomic E-state index is 0.773. The van der Waals surface area contributed by atoms with Gasteiger partial charge in [-0.15, -0.1) is 0 Å². The Morgan fingerprint density at radius 2 is 2.50 bits per heavy atom. The van der Waals surface area contributed by atoms with Gasteiger partial charge in [-0.05, 0) is 0 Å². The molecule has 1 saturated heterocycles. The standard InChI is InChI=1S/C4H7O2/c1-5-4-2-3-6-4/h2-3H2,1H3. The maximum Gasteiger partial charge on any atom is 0.225 e. The molecule has 1 rings (SSSR count). The molecular formula is C4H7O2. The summed E-state index contributed by atoms with van der Waals surface area (Å²) in [5.74, 6) is 0. The van der Waals surface area contributed by atoms with Gasteiger partial charge in [0.15, 0.2) is 0 Å². The van der Waals surface area contributed by atoms with Crippen molar-refractivity contribution in [3.63, 3.8) is 0 Å². The van der Waals surface area contributed by atoms with E-state index in [9.17, 15) is 0 Å². The Bertz CT molecular complexity index is 38.1. The highest BCUT2D eigenvalue weighted by Crippen LogP contribution is 2.18. The van der Waals surface area contributed by atoms with Crippen molar-refractivity contribution in [1.82, 2.24) is 0 Å². The Balaban J connectivity index is 2.01. The largest absolute Gasteiger partial charge is 0.349 e. The molecule has 6 heavy (non-hydrogen) atoms. The quantitative estimate of drug-likeness (QED) is 0.464. The van der Waals surface area contributed by atoms with E-state index in [1.165, 1.54) is 0 Å². The van der Waals surface area contributed by atoms with Crippen LogP contribution in [0, 0.1) is 6.29 Å². The molecule has 0 atom stereocenters. The zero-order chi connectivity index (χ0) is 4.41. The van der Waals surface area contributed by atoms with Crippen LogP contribution in [0.15, 0.2) is 0 Å². The highest BCUT2D eigenvalue weighted by atomic mass is 16.7. The van der Waals surface area contributed by atoms with E-state index in [0.29, 0.717) is 0 Å². The Morgan fingerprint density at radius 1 is 1.83 bits per heavy atom. The first-order valence-electron chi connectivity index (χ1n) is 1.96. The smallest absolute Gasteiger partial charge is 0.225 e. The lowest BCUT2D eigenvalue weighted by molar-refractivity contribution is -0.101. The van der Waals surface area contributed by atoms with Gasteiger partial charge in [0, 0.05) is 13.5 Å². The van der Waals surface area contributed by atoms with E-state index in [1.807, 2.05) is 0 Å². The molecule has 1 aliphatic rings. The first-order chi connectivity index (χ1) is 2.93. The second-order valence-electron chi connectivity index (χ2n) is 1.17. The number of hydrogen-bond donors (Lipinski definition) is 0. The van der Waals surface area contributed by atoms with Crippen LogP contribution in [0.25, 0.3) is 0 Å². The summed E-state index contributed by atoms with van der Waals surface area (Å²) in [6.45, 7) is 0.836. The van der Waals surface area contributed by atoms with Gasteiger partial charge in [-0.3, -0.25) is 0 Å². The second kappa shape index (κ2) is 1.58. The zero-order valence-corrected chi connectivity index (χ0v) is 3.73. The first kappa shape index (κ1) is 4.09. The van der Waals surface area contributed by atoms with Gasteiger partial charge in [0.1, 0.15) is 0 Å². The summed E-state index contributed by atoms with van der Waals surface area (Å²) in [7, 11) is 1.62. The van der Waals surface area contributed by atoms with Crippen molar-refractivity contribution in [3.8, 4) is 0 Å². The minimum Gasteiger partial charge on any atom is -0.349 e. The number of rotatable bonds is 1. The molecule has 0 N–H and O–H groups in total. The van der Waals surface area contributed by atoms with Gasteiger partial charge >= 0.3 is 0 Å². The third-order valence-corrected chi connectivity index (χ3v) is 0.797. The maximum absolute atomic E-state index is 4.77. The molecule has 1 radical (unpaired) electrons. The van der Waals surface area contributed by atoms with Crippen molar-refractivity contribution in [3.05, 3.63) is 6.29 Å². The fourth-order valence-corrected chi connectivity index (χ4v) is 0.346. The molecule has 2 nitrogen and oxygen atoms in total. The number of hydrogen-bond acceptors (Lipinski definition) is 2. The Morgan fingerprint density at radius 3 is 2.50 bits per heavy atom. The van der Waals surface area contributed by atoms with E-state index >= 15 is 0 Å². The number of ether oxygens (including phenoxy) is 2. The van der Waals surface area contributed by atoms with Crippen LogP contribution in [0.5, 0.6) is 0 Å². The predicted molar refractivity (Wildman–Crippen MR) is 20.8 cm³/mol. The van der Waals surface area contributed by atoms with Gasteiger partial charge in [0.05, 0.1) is 6.61 Å². The highest BCUT2D eigenvalue weighted by molar-refractivity contribution is 4.72. The topological polar surface area (TPSA) is 18.5 Å². The van der Waals surface area contributed by atoms with Gasteiger partial charge in [0.2, 0.25) is 6.29 Å². The van der Waals surface area contributed by atoms with E-state index in [1.54, 1.807) is 7.11 Å². The van der Waals surface area contributed by atoms with E-state index < -0.39 is 0 Å². The van der Waals surface area contributed by atoms with Crippen LogP contribution in [-0.2, 0) is 9.47 Å². The number of methoxy groups -OCH3 is 1. The first-order valence-corrected chi connectivity index (χ1v) is 1.96. The summed E-state index contributed by atoms with van der Waals surface area (Å²) in [5, 5.41) is 0. The summed E-state index contributed by atoms with van der Waals surface area (Å²) >= 11 is 0. The molecule has 0 spiro atoms. The monoisotopic (exact) mass is 87.0 g/mol. The molecule has 1 fully saturated rings. The Hall–Kier alpha value is -0.0800. The Labute approximate surface area is 37.1 Å². The van der Waals surface area contributed by atoms with Crippen LogP contribution in [0.2, 0.25) is 0 Å². The molecule has 0 aromatic carbocycles. The molecule has 0 aromatic heterocycles. The average molecular weight is 87.1 g/mol. The van der Waals surface area contributed by atoms with E-state index in [-0.39, 0.29) is 0 Å². The molecule has 35 valence electrons. The summed E-state index contributed by atoms with van der Waals surface area (Å²) < 4.78 is 9.45. The third kappa shape index (κ3) is 0.533. The molecule has 0 aromatic rings. The molecule has 0 aliphatic carbocycles. The van der Waals surface area contributed by atoms with Crippen LogP contribution in [0.4, 0.5) is 0 Å². The average Bonchev–Trinajstić information content (AvgIpc) is 1.31. The molecule has 1 heterocycles. The molecule has 0 saturated carbocycles. The Kier molecular flexibility index (Phi) is 1.08. The SMILES string of the molecule is CO[C]1CCO1. The molecule has 0 amide bonds. The summed E-state index contributed by atoms with van der Waals surface area (Å²) in [5.41, 5.74) is 0. The zero-order valence-electron chi connectivity index (χ0n) is 3.73. The third-order valence-electron chi connectivity index (χ3n) is 0.797. The van der Waals surface area contributed by atoms with Crippen molar-refractivity contribution in [2.45, 2.75) is 6.42 Å². The van der Waals surface area contributed by atoms with Crippen LogP contribution in [0.3, 0.4) is 0 Å². The van der Waals surface area contributed by atoms with Crippen LogP contribution >= 0.6 is 0 Å². The van der Waals surface area contributed by atoms with E-state index in [0.717, 1.165) is 19.3 Å². The normalized spacial score (nSPS) is 23.5. The van der Waals surface area contributed by atoms with Gasteiger partial charge in [-0.2, -0.15) is 0 Å². The van der Waals surface area contributed by atoms with Crippen LogP contribution in [0.1, 0.15) is 6.42 Å². The molecule has 0 unspecified atom stereocenters. The van der Waals surface area contributed by atoms with Crippen LogP contribution in [-0.4, -0.2) is 13.7 Å². The lowest BCUT2D eigenvalue weighted by Crippen LogP contribution is -2.19. The van der Waals surface area contributed by atoms with Crippen molar-refractivity contribution in [2.24, 2.45) is 0 Å². The van der Waals surface area contributed by atoms with Gasteiger partial charge in [0.25, 0.3) is 0 Å². The van der Waals surface area contributed by atoms with Gasteiger partial charge in [-0.25, -0.2) is 0 Å². The minimum absolute atomic E-state index is 0.773. The predicted octanol–water partition coefficient (Wildman–Crippen LogP) is 0.543. The molecule has 0 bridgehead atoms.